The molecule has 0 aromatic carbocycles. The molecule has 0 aliphatic rings. The zero-order valence-corrected chi connectivity index (χ0v) is 10.4. The van der Waals surface area contributed by atoms with Crippen LogP contribution in [0.15, 0.2) is 24.5 Å². The predicted octanol–water partition coefficient (Wildman–Crippen LogP) is 2.29. The summed E-state index contributed by atoms with van der Waals surface area (Å²) in [5.41, 5.74) is 0.422. The van der Waals surface area contributed by atoms with Gasteiger partial charge in [-0.2, -0.15) is 5.10 Å². The molecule has 0 saturated carbocycles. The molecule has 0 aliphatic carbocycles. The van der Waals surface area contributed by atoms with Crippen LogP contribution in [-0.2, 0) is 6.54 Å². The Hall–Kier alpha value is -2.15. The molecule has 0 aliphatic heterocycles. The summed E-state index contributed by atoms with van der Waals surface area (Å²) < 4.78 is 1.61. The van der Waals surface area contributed by atoms with Crippen LogP contribution in [0.25, 0.3) is 0 Å². The summed E-state index contributed by atoms with van der Waals surface area (Å²) in [7, 11) is 0. The highest BCUT2D eigenvalue weighted by molar-refractivity contribution is 7.14. The van der Waals surface area contributed by atoms with E-state index in [-0.39, 0.29) is 5.78 Å². The molecule has 94 valence electrons. The predicted molar refractivity (Wildman–Crippen MR) is 67.3 cm³/mol. The average Bonchev–Trinajstić information content (AvgIpc) is 2.88. The molecule has 7 heteroatoms. The number of amides is 1. The third-order valence-electron chi connectivity index (χ3n) is 2.21. The van der Waals surface area contributed by atoms with E-state index in [0.717, 1.165) is 4.88 Å². The number of anilines is 1. The maximum Gasteiger partial charge on any atom is 0.409 e. The van der Waals surface area contributed by atoms with Crippen molar-refractivity contribution in [1.29, 1.82) is 0 Å². The van der Waals surface area contributed by atoms with E-state index in [1.807, 2.05) is 6.07 Å². The van der Waals surface area contributed by atoms with E-state index in [9.17, 15) is 9.59 Å². The molecule has 2 rings (SSSR count). The van der Waals surface area contributed by atoms with Gasteiger partial charge in [-0.05, 0) is 19.1 Å². The number of hydrogen-bond acceptors (Lipinski definition) is 4. The van der Waals surface area contributed by atoms with Crippen molar-refractivity contribution in [2.45, 2.75) is 13.5 Å². The van der Waals surface area contributed by atoms with Gasteiger partial charge < -0.3 is 5.11 Å². The van der Waals surface area contributed by atoms with E-state index in [1.54, 1.807) is 16.9 Å². The van der Waals surface area contributed by atoms with Crippen LogP contribution < -0.4 is 5.32 Å². The zero-order chi connectivity index (χ0) is 13.1. The third kappa shape index (κ3) is 2.95. The highest BCUT2D eigenvalue weighted by atomic mass is 32.1. The molecule has 0 atom stereocenters. The van der Waals surface area contributed by atoms with Gasteiger partial charge in [-0.3, -0.25) is 14.8 Å². The Balaban J connectivity index is 2.06. The molecule has 0 spiro atoms. The summed E-state index contributed by atoms with van der Waals surface area (Å²) in [6.07, 6.45) is 1.92. The van der Waals surface area contributed by atoms with E-state index in [2.05, 4.69) is 10.4 Å². The van der Waals surface area contributed by atoms with Crippen molar-refractivity contribution in [3.05, 3.63) is 34.3 Å². The first-order valence-corrected chi connectivity index (χ1v) is 5.98. The molecule has 6 nitrogen and oxygen atoms in total. The number of ketones is 1. The van der Waals surface area contributed by atoms with Crippen LogP contribution in [0.4, 0.5) is 10.5 Å². The first-order valence-electron chi connectivity index (χ1n) is 5.16. The van der Waals surface area contributed by atoms with Crippen LogP contribution in [0.3, 0.4) is 0 Å². The second-order valence-corrected chi connectivity index (χ2v) is 4.85. The van der Waals surface area contributed by atoms with Gasteiger partial charge in [-0.1, -0.05) is 0 Å². The summed E-state index contributed by atoms with van der Waals surface area (Å²) in [6, 6.07) is 3.65. The number of rotatable bonds is 4. The fraction of sp³-hybridized carbons (Fsp3) is 0.182. The van der Waals surface area contributed by atoms with Crippen molar-refractivity contribution in [2.24, 2.45) is 0 Å². The highest BCUT2D eigenvalue weighted by Gasteiger charge is 2.06. The van der Waals surface area contributed by atoms with E-state index in [4.69, 9.17) is 5.11 Å². The topological polar surface area (TPSA) is 84.2 Å². The second-order valence-electron chi connectivity index (χ2n) is 3.68. The molecular weight excluding hydrogens is 254 g/mol. The Bertz CT molecular complexity index is 588. The molecular formula is C11H11N3O3S. The maximum absolute atomic E-state index is 11.1. The van der Waals surface area contributed by atoms with Crippen molar-refractivity contribution in [2.75, 3.05) is 5.32 Å². The lowest BCUT2D eigenvalue weighted by atomic mass is 10.3. The molecule has 0 saturated heterocycles. The minimum atomic E-state index is -1.12. The quantitative estimate of drug-likeness (QED) is 0.831. The van der Waals surface area contributed by atoms with Gasteiger partial charge in [0.25, 0.3) is 0 Å². The number of Topliss-reactive ketones (excluding diaryl/α,β-unsaturated/α-hetero) is 1. The highest BCUT2D eigenvalue weighted by Crippen LogP contribution is 2.18. The van der Waals surface area contributed by atoms with Crippen molar-refractivity contribution >= 4 is 28.9 Å². The lowest BCUT2D eigenvalue weighted by Crippen LogP contribution is -2.06. The summed E-state index contributed by atoms with van der Waals surface area (Å²) in [4.78, 5) is 23.3. The second kappa shape index (κ2) is 5.01. The van der Waals surface area contributed by atoms with Crippen molar-refractivity contribution in [1.82, 2.24) is 9.78 Å². The SMILES string of the molecule is CC(=O)c1ccc(Cn2cc(NC(=O)O)cn2)s1. The fourth-order valence-electron chi connectivity index (χ4n) is 1.45. The van der Waals surface area contributed by atoms with Crippen molar-refractivity contribution in [3.63, 3.8) is 0 Å². The van der Waals surface area contributed by atoms with Gasteiger partial charge in [0.15, 0.2) is 5.78 Å². The molecule has 0 fully saturated rings. The van der Waals surface area contributed by atoms with Gasteiger partial charge in [-0.15, -0.1) is 11.3 Å². The normalized spacial score (nSPS) is 10.3. The molecule has 0 bridgehead atoms. The fourth-order valence-corrected chi connectivity index (χ4v) is 2.35. The molecule has 2 aromatic rings. The number of carboxylic acid groups (broad SMARTS) is 1. The number of hydrogen-bond donors (Lipinski definition) is 2. The lowest BCUT2D eigenvalue weighted by Gasteiger charge is -1.97. The van der Waals surface area contributed by atoms with Crippen LogP contribution in [0.1, 0.15) is 21.5 Å². The summed E-state index contributed by atoms with van der Waals surface area (Å²) in [5.74, 6) is 0.0416. The standard InChI is InChI=1S/C11H11N3O3S/c1-7(15)10-3-2-9(18-10)6-14-5-8(4-12-14)13-11(16)17/h2-5,13H,6H2,1H3,(H,16,17). The molecule has 0 unspecified atom stereocenters. The summed E-state index contributed by atoms with van der Waals surface area (Å²) in [5, 5.41) is 14.8. The molecule has 2 N–H and O–H groups in total. The molecule has 18 heavy (non-hydrogen) atoms. The maximum atomic E-state index is 11.1. The van der Waals surface area contributed by atoms with Crippen LogP contribution in [0, 0.1) is 0 Å². The van der Waals surface area contributed by atoms with Crippen LogP contribution in [0.5, 0.6) is 0 Å². The van der Waals surface area contributed by atoms with Crippen LogP contribution in [-0.4, -0.2) is 26.8 Å². The van der Waals surface area contributed by atoms with E-state index in [0.29, 0.717) is 17.1 Å². The Labute approximate surface area is 107 Å². The van der Waals surface area contributed by atoms with E-state index < -0.39 is 6.09 Å². The van der Waals surface area contributed by atoms with Gasteiger partial charge in [0, 0.05) is 11.1 Å². The van der Waals surface area contributed by atoms with E-state index >= 15 is 0 Å². The first kappa shape index (κ1) is 12.3. The number of thiophene rings is 1. The zero-order valence-electron chi connectivity index (χ0n) is 9.58. The molecule has 2 aromatic heterocycles. The monoisotopic (exact) mass is 265 g/mol. The van der Waals surface area contributed by atoms with Gasteiger partial charge in [0.05, 0.1) is 23.3 Å². The van der Waals surface area contributed by atoms with E-state index in [1.165, 1.54) is 24.5 Å². The molecule has 2 heterocycles. The van der Waals surface area contributed by atoms with Crippen molar-refractivity contribution in [3.8, 4) is 0 Å². The Morgan fingerprint density at radius 1 is 1.50 bits per heavy atom. The smallest absolute Gasteiger partial charge is 0.409 e. The first-order chi connectivity index (χ1) is 8.54. The number of nitrogens with zero attached hydrogens (tertiary/aromatic N) is 2. The van der Waals surface area contributed by atoms with Gasteiger partial charge in [0.1, 0.15) is 0 Å². The number of carbonyl (C=O) groups is 2. The van der Waals surface area contributed by atoms with Crippen LogP contribution >= 0.6 is 11.3 Å². The number of aromatic nitrogens is 2. The Kier molecular flexibility index (Phi) is 3.42. The van der Waals surface area contributed by atoms with Crippen molar-refractivity contribution < 1.29 is 14.7 Å². The number of carbonyl (C=O) groups excluding carboxylic acids is 1. The Morgan fingerprint density at radius 3 is 2.89 bits per heavy atom. The molecule has 0 radical (unpaired) electrons. The minimum absolute atomic E-state index is 0.0416. The van der Waals surface area contributed by atoms with Crippen LogP contribution in [0.2, 0.25) is 0 Å². The Morgan fingerprint density at radius 2 is 2.28 bits per heavy atom. The lowest BCUT2D eigenvalue weighted by molar-refractivity contribution is 0.102. The van der Waals surface area contributed by atoms with Gasteiger partial charge >= 0.3 is 6.09 Å². The number of nitrogens with one attached hydrogen (secondary N) is 1. The third-order valence-corrected chi connectivity index (χ3v) is 3.38. The van der Waals surface area contributed by atoms with Gasteiger partial charge in [0.2, 0.25) is 0 Å². The molecule has 1 amide bonds. The largest absolute Gasteiger partial charge is 0.465 e. The summed E-state index contributed by atoms with van der Waals surface area (Å²) in [6.45, 7) is 2.04. The summed E-state index contributed by atoms with van der Waals surface area (Å²) >= 11 is 1.41. The van der Waals surface area contributed by atoms with Gasteiger partial charge in [-0.25, -0.2) is 4.79 Å². The minimum Gasteiger partial charge on any atom is -0.465 e. The average molecular weight is 265 g/mol.